The molecule has 2 aliphatic rings. The minimum Gasteiger partial charge on any atom is -0.497 e. The van der Waals surface area contributed by atoms with Crippen LogP contribution < -0.4 is 26.0 Å². The van der Waals surface area contributed by atoms with E-state index >= 15 is 0 Å². The number of carbonyl (C=O) groups excluding carboxylic acids is 3. The van der Waals surface area contributed by atoms with E-state index in [4.69, 9.17) is 10.5 Å². The Morgan fingerprint density at radius 2 is 1.58 bits per heavy atom. The van der Waals surface area contributed by atoms with Crippen molar-refractivity contribution in [1.29, 1.82) is 0 Å². The molecule has 0 atom stereocenters. The van der Waals surface area contributed by atoms with Crippen LogP contribution in [0.5, 0.6) is 5.75 Å². The number of nitrogens with zero attached hydrogens (tertiary/aromatic N) is 2. The van der Waals surface area contributed by atoms with E-state index < -0.39 is 11.7 Å². The fraction of sp³-hybridized carbons (Fsp3) is 0.364. The predicted octanol–water partition coefficient (Wildman–Crippen LogP) is 4.44. The van der Waals surface area contributed by atoms with Crippen molar-refractivity contribution >= 4 is 29.1 Å². The van der Waals surface area contributed by atoms with Crippen LogP contribution in [-0.2, 0) is 0 Å². The predicted molar refractivity (Wildman–Crippen MR) is 164 cm³/mol. The Kier molecular flexibility index (Phi) is 9.56. The highest BCUT2D eigenvalue weighted by atomic mass is 19.1. The molecule has 1 aliphatic carbocycles. The highest BCUT2D eigenvalue weighted by Crippen LogP contribution is 2.30. The average molecular weight is 588 g/mol. The van der Waals surface area contributed by atoms with E-state index in [1.54, 1.807) is 43.5 Å². The Bertz CT molecular complexity index is 1460. The second-order valence-corrected chi connectivity index (χ2v) is 11.1. The average Bonchev–Trinajstić information content (AvgIpc) is 3.28. The van der Waals surface area contributed by atoms with Gasteiger partial charge in [0.2, 0.25) is 0 Å². The van der Waals surface area contributed by atoms with Gasteiger partial charge in [0.25, 0.3) is 17.7 Å². The molecule has 1 heterocycles. The van der Waals surface area contributed by atoms with Gasteiger partial charge in [0, 0.05) is 55.0 Å². The molecule has 3 amide bonds. The first kappa shape index (κ1) is 30.0. The zero-order valence-electron chi connectivity index (χ0n) is 24.4. The molecule has 43 heavy (non-hydrogen) atoms. The molecule has 226 valence electrons. The summed E-state index contributed by atoms with van der Waals surface area (Å²) >= 11 is 0. The number of nitrogens with one attached hydrogen (secondary N) is 2. The summed E-state index contributed by atoms with van der Waals surface area (Å²) in [7, 11) is 1.57. The van der Waals surface area contributed by atoms with Crippen LogP contribution >= 0.6 is 0 Å². The molecule has 2 fully saturated rings. The topological polar surface area (TPSA) is 117 Å². The largest absolute Gasteiger partial charge is 0.497 e. The summed E-state index contributed by atoms with van der Waals surface area (Å²) < 4.78 is 18.8. The molecule has 0 bridgehead atoms. The van der Waals surface area contributed by atoms with Crippen LogP contribution in [0.25, 0.3) is 0 Å². The van der Waals surface area contributed by atoms with Crippen molar-refractivity contribution in [2.45, 2.75) is 44.2 Å². The summed E-state index contributed by atoms with van der Waals surface area (Å²) in [5, 5.41) is 6.06. The Hall–Kier alpha value is -4.44. The van der Waals surface area contributed by atoms with Crippen LogP contribution in [0.15, 0.2) is 66.7 Å². The number of carbonyl (C=O) groups is 3. The van der Waals surface area contributed by atoms with Crippen LogP contribution in [0.3, 0.4) is 0 Å². The number of benzene rings is 3. The molecule has 0 aromatic heterocycles. The molecule has 10 heteroatoms. The minimum atomic E-state index is -0.433. The highest BCUT2D eigenvalue weighted by molar-refractivity contribution is 6.07. The Balaban J connectivity index is 1.36. The number of hydrogen-bond donors (Lipinski definition) is 3. The SMILES string of the molecule is COc1cccc(C(=O)N2CCCN(c3ccc(C(=O)NC4CCC(N)CC4)cc3NC(=O)c3ccc(F)cc3)CC2)c1. The van der Waals surface area contributed by atoms with E-state index in [9.17, 15) is 18.8 Å². The van der Waals surface area contributed by atoms with E-state index in [0.29, 0.717) is 60.7 Å². The Morgan fingerprint density at radius 1 is 0.837 bits per heavy atom. The van der Waals surface area contributed by atoms with Gasteiger partial charge in [-0.05, 0) is 92.8 Å². The van der Waals surface area contributed by atoms with Gasteiger partial charge in [-0.3, -0.25) is 14.4 Å². The first-order valence-electron chi connectivity index (χ1n) is 14.8. The molecule has 5 rings (SSSR count). The fourth-order valence-electron chi connectivity index (χ4n) is 5.68. The lowest BCUT2D eigenvalue weighted by Crippen LogP contribution is -2.40. The second kappa shape index (κ2) is 13.7. The van der Waals surface area contributed by atoms with E-state index in [1.165, 1.54) is 24.3 Å². The van der Waals surface area contributed by atoms with E-state index in [-0.39, 0.29) is 23.9 Å². The maximum absolute atomic E-state index is 13.5. The third kappa shape index (κ3) is 7.50. The maximum Gasteiger partial charge on any atom is 0.255 e. The third-order valence-corrected chi connectivity index (χ3v) is 8.16. The molecular weight excluding hydrogens is 549 g/mol. The zero-order valence-corrected chi connectivity index (χ0v) is 24.4. The molecule has 1 saturated carbocycles. The number of hydrogen-bond acceptors (Lipinski definition) is 6. The van der Waals surface area contributed by atoms with Crippen LogP contribution in [0.4, 0.5) is 15.8 Å². The normalized spacial score (nSPS) is 18.9. The van der Waals surface area contributed by atoms with Crippen molar-refractivity contribution < 1.29 is 23.5 Å². The lowest BCUT2D eigenvalue weighted by atomic mass is 9.91. The first-order valence-corrected chi connectivity index (χ1v) is 14.8. The molecule has 3 aromatic carbocycles. The molecule has 1 aliphatic heterocycles. The van der Waals surface area contributed by atoms with Crippen LogP contribution in [0.1, 0.15) is 63.2 Å². The molecule has 0 spiro atoms. The third-order valence-electron chi connectivity index (χ3n) is 8.16. The standard InChI is InChI=1S/C33H38FN5O4/c1-43-28-5-2-4-24(20-28)33(42)39-17-3-16-38(18-19-39)30-15-8-23(32(41)36-27-13-11-26(35)12-14-27)21-29(30)37-31(40)22-6-9-25(34)10-7-22/h2,4-10,15,20-21,26-27H,3,11-14,16-19,35H2,1H3,(H,36,41)(H,37,40). The molecule has 4 N–H and O–H groups in total. The van der Waals surface area contributed by atoms with Gasteiger partial charge >= 0.3 is 0 Å². The van der Waals surface area contributed by atoms with Crippen LogP contribution in [-0.4, -0.2) is 68.0 Å². The highest BCUT2D eigenvalue weighted by Gasteiger charge is 2.25. The Morgan fingerprint density at radius 3 is 2.33 bits per heavy atom. The summed E-state index contributed by atoms with van der Waals surface area (Å²) in [5.41, 5.74) is 8.53. The summed E-state index contributed by atoms with van der Waals surface area (Å²) in [5.74, 6) is -0.501. The van der Waals surface area contributed by atoms with Gasteiger partial charge in [-0.1, -0.05) is 6.07 Å². The van der Waals surface area contributed by atoms with Crippen LogP contribution in [0.2, 0.25) is 0 Å². The van der Waals surface area contributed by atoms with Gasteiger partial charge in [0.1, 0.15) is 11.6 Å². The summed E-state index contributed by atoms with van der Waals surface area (Å²) in [6.07, 6.45) is 4.12. The van der Waals surface area contributed by atoms with Crippen molar-refractivity contribution in [1.82, 2.24) is 10.2 Å². The quantitative estimate of drug-likeness (QED) is 0.377. The number of halogens is 1. The second-order valence-electron chi connectivity index (χ2n) is 11.1. The lowest BCUT2D eigenvalue weighted by molar-refractivity contribution is 0.0766. The van der Waals surface area contributed by atoms with Crippen molar-refractivity contribution in [2.75, 3.05) is 43.5 Å². The summed E-state index contributed by atoms with van der Waals surface area (Å²) in [4.78, 5) is 43.6. The minimum absolute atomic E-state index is 0.0583. The first-order chi connectivity index (χ1) is 20.8. The summed E-state index contributed by atoms with van der Waals surface area (Å²) in [6, 6.07) is 17.9. The number of methoxy groups -OCH3 is 1. The van der Waals surface area contributed by atoms with Gasteiger partial charge in [-0.2, -0.15) is 0 Å². The van der Waals surface area contributed by atoms with Crippen molar-refractivity contribution in [3.05, 3.63) is 89.2 Å². The monoisotopic (exact) mass is 587 g/mol. The number of amides is 3. The molecule has 0 unspecified atom stereocenters. The molecule has 0 radical (unpaired) electrons. The molecule has 1 saturated heterocycles. The van der Waals surface area contributed by atoms with Gasteiger partial charge in [-0.15, -0.1) is 0 Å². The number of anilines is 2. The van der Waals surface area contributed by atoms with Gasteiger partial charge < -0.3 is 30.9 Å². The zero-order chi connectivity index (χ0) is 30.3. The smallest absolute Gasteiger partial charge is 0.255 e. The van der Waals surface area contributed by atoms with E-state index in [1.807, 2.05) is 11.0 Å². The fourth-order valence-corrected chi connectivity index (χ4v) is 5.68. The number of nitrogens with two attached hydrogens (primary N) is 1. The van der Waals surface area contributed by atoms with Crippen molar-refractivity contribution in [3.8, 4) is 5.75 Å². The number of rotatable bonds is 7. The summed E-state index contributed by atoms with van der Waals surface area (Å²) in [6.45, 7) is 2.24. The van der Waals surface area contributed by atoms with E-state index in [2.05, 4.69) is 15.5 Å². The van der Waals surface area contributed by atoms with Gasteiger partial charge in [0.05, 0.1) is 18.5 Å². The molecule has 9 nitrogen and oxygen atoms in total. The molecule has 3 aromatic rings. The lowest BCUT2D eigenvalue weighted by Gasteiger charge is -2.28. The van der Waals surface area contributed by atoms with Gasteiger partial charge in [-0.25, -0.2) is 4.39 Å². The van der Waals surface area contributed by atoms with E-state index in [0.717, 1.165) is 31.4 Å². The number of ether oxygens (including phenoxy) is 1. The van der Waals surface area contributed by atoms with Crippen molar-refractivity contribution in [3.63, 3.8) is 0 Å². The molecular formula is C33H38FN5O4. The van der Waals surface area contributed by atoms with Crippen LogP contribution in [0, 0.1) is 5.82 Å². The van der Waals surface area contributed by atoms with Gasteiger partial charge in [0.15, 0.2) is 0 Å². The maximum atomic E-state index is 13.5. The Labute approximate surface area is 251 Å². The van der Waals surface area contributed by atoms with Crippen molar-refractivity contribution in [2.24, 2.45) is 5.73 Å².